The summed E-state index contributed by atoms with van der Waals surface area (Å²) >= 11 is 0. The Labute approximate surface area is 109 Å². The third-order valence-corrected chi connectivity index (χ3v) is 2.68. The van der Waals surface area contributed by atoms with Crippen molar-refractivity contribution in [3.05, 3.63) is 36.3 Å². The second kappa shape index (κ2) is 5.11. The van der Waals surface area contributed by atoms with Crippen LogP contribution < -0.4 is 4.74 Å². The van der Waals surface area contributed by atoms with Crippen molar-refractivity contribution in [2.24, 2.45) is 0 Å². The predicted octanol–water partition coefficient (Wildman–Crippen LogP) is 1.13. The van der Waals surface area contributed by atoms with Gasteiger partial charge in [0, 0.05) is 24.0 Å². The molecule has 3 heterocycles. The molecule has 0 aromatic carbocycles. The molecule has 19 heavy (non-hydrogen) atoms. The molecule has 0 bridgehead atoms. The van der Waals surface area contributed by atoms with E-state index in [0.29, 0.717) is 36.9 Å². The Morgan fingerprint density at radius 2 is 2.11 bits per heavy atom. The van der Waals surface area contributed by atoms with Gasteiger partial charge in [-0.15, -0.1) is 0 Å². The van der Waals surface area contributed by atoms with Crippen molar-refractivity contribution in [2.45, 2.75) is 6.10 Å². The van der Waals surface area contributed by atoms with Crippen LogP contribution in [-0.2, 0) is 4.74 Å². The van der Waals surface area contributed by atoms with Gasteiger partial charge in [-0.25, -0.2) is 4.98 Å². The predicted molar refractivity (Wildman–Crippen MR) is 65.9 cm³/mol. The maximum atomic E-state index is 10.7. The van der Waals surface area contributed by atoms with E-state index in [9.17, 15) is 4.79 Å². The van der Waals surface area contributed by atoms with E-state index in [4.69, 9.17) is 9.47 Å². The zero-order valence-corrected chi connectivity index (χ0v) is 10.0. The molecule has 6 heteroatoms. The average Bonchev–Trinajstić information content (AvgIpc) is 2.43. The van der Waals surface area contributed by atoms with Crippen molar-refractivity contribution in [1.29, 1.82) is 0 Å². The molecule has 0 N–H and O–H groups in total. The number of carbonyl (C=O) groups excluding carboxylic acids is 1. The second-order valence-electron chi connectivity index (χ2n) is 4.08. The Morgan fingerprint density at radius 3 is 2.84 bits per heavy atom. The first-order valence-electron chi connectivity index (χ1n) is 5.84. The van der Waals surface area contributed by atoms with Gasteiger partial charge < -0.3 is 9.47 Å². The van der Waals surface area contributed by atoms with Crippen molar-refractivity contribution < 1.29 is 14.3 Å². The molecular formula is C13H11N3O3. The third kappa shape index (κ3) is 2.58. The van der Waals surface area contributed by atoms with Crippen molar-refractivity contribution in [3.8, 4) is 17.3 Å². The minimum absolute atomic E-state index is 0.0609. The smallest absolute Gasteiger partial charge is 0.217 e. The van der Waals surface area contributed by atoms with Gasteiger partial charge in [0.05, 0.1) is 13.2 Å². The van der Waals surface area contributed by atoms with Crippen LogP contribution in [0.2, 0.25) is 0 Å². The summed E-state index contributed by atoms with van der Waals surface area (Å²) in [5, 5.41) is 0. The Balaban J connectivity index is 1.86. The summed E-state index contributed by atoms with van der Waals surface area (Å²) in [6.07, 6.45) is 3.93. The molecule has 3 rings (SSSR count). The van der Waals surface area contributed by atoms with E-state index in [2.05, 4.69) is 15.0 Å². The number of hydrogen-bond donors (Lipinski definition) is 0. The lowest BCUT2D eigenvalue weighted by Gasteiger charge is -2.26. The van der Waals surface area contributed by atoms with Crippen LogP contribution in [0.4, 0.5) is 0 Å². The van der Waals surface area contributed by atoms with Crippen LogP contribution in [0.25, 0.3) is 11.4 Å². The lowest BCUT2D eigenvalue weighted by molar-refractivity contribution is -0.0813. The number of nitrogens with zero attached hydrogens (tertiary/aromatic N) is 3. The van der Waals surface area contributed by atoms with Gasteiger partial charge in [0.15, 0.2) is 12.1 Å². The van der Waals surface area contributed by atoms with Crippen LogP contribution >= 0.6 is 0 Å². The molecule has 0 atom stereocenters. The van der Waals surface area contributed by atoms with Gasteiger partial charge in [0.2, 0.25) is 5.88 Å². The Bertz CT molecular complexity index is 599. The maximum Gasteiger partial charge on any atom is 0.217 e. The van der Waals surface area contributed by atoms with Crippen molar-refractivity contribution >= 4 is 6.29 Å². The maximum absolute atomic E-state index is 10.7. The fourth-order valence-electron chi connectivity index (χ4n) is 1.65. The first-order valence-corrected chi connectivity index (χ1v) is 5.84. The van der Waals surface area contributed by atoms with E-state index in [1.54, 1.807) is 30.6 Å². The number of carbonyl (C=O) groups is 1. The molecule has 0 aliphatic carbocycles. The number of hydrogen-bond acceptors (Lipinski definition) is 6. The number of rotatable bonds is 4. The highest BCUT2D eigenvalue weighted by Crippen LogP contribution is 2.19. The van der Waals surface area contributed by atoms with Gasteiger partial charge in [0.1, 0.15) is 11.8 Å². The zero-order chi connectivity index (χ0) is 13.1. The Kier molecular flexibility index (Phi) is 3.16. The molecule has 1 aliphatic rings. The topological polar surface area (TPSA) is 74.2 Å². The first-order chi connectivity index (χ1) is 9.35. The third-order valence-electron chi connectivity index (χ3n) is 2.68. The number of ether oxygens (including phenoxy) is 2. The highest BCUT2D eigenvalue weighted by Gasteiger charge is 2.20. The van der Waals surface area contributed by atoms with Crippen LogP contribution in [0.1, 0.15) is 10.5 Å². The molecule has 0 amide bonds. The molecular weight excluding hydrogens is 246 g/mol. The van der Waals surface area contributed by atoms with Gasteiger partial charge in [0.25, 0.3) is 0 Å². The average molecular weight is 257 g/mol. The fraction of sp³-hybridized carbons (Fsp3) is 0.231. The van der Waals surface area contributed by atoms with Crippen LogP contribution in [0.15, 0.2) is 30.6 Å². The Morgan fingerprint density at radius 1 is 1.26 bits per heavy atom. The largest absolute Gasteiger partial charge is 0.469 e. The molecule has 0 saturated carbocycles. The highest BCUT2D eigenvalue weighted by molar-refractivity contribution is 5.74. The molecule has 1 aliphatic heterocycles. The zero-order valence-electron chi connectivity index (χ0n) is 10.0. The van der Waals surface area contributed by atoms with E-state index in [0.717, 1.165) is 5.56 Å². The summed E-state index contributed by atoms with van der Waals surface area (Å²) in [4.78, 5) is 23.1. The van der Waals surface area contributed by atoms with Gasteiger partial charge in [-0.3, -0.25) is 9.78 Å². The lowest BCUT2D eigenvalue weighted by Crippen LogP contribution is -2.38. The van der Waals surface area contributed by atoms with E-state index >= 15 is 0 Å². The van der Waals surface area contributed by atoms with Crippen LogP contribution in [0.3, 0.4) is 0 Å². The first kappa shape index (κ1) is 11.7. The van der Waals surface area contributed by atoms with E-state index < -0.39 is 0 Å². The minimum Gasteiger partial charge on any atom is -0.469 e. The number of pyridine rings is 1. The lowest BCUT2D eigenvalue weighted by atomic mass is 10.2. The van der Waals surface area contributed by atoms with E-state index in [1.165, 1.54) is 0 Å². The van der Waals surface area contributed by atoms with Crippen molar-refractivity contribution in [1.82, 2.24) is 15.0 Å². The number of aldehydes is 1. The molecule has 1 saturated heterocycles. The summed E-state index contributed by atoms with van der Waals surface area (Å²) in [7, 11) is 0. The monoisotopic (exact) mass is 257 g/mol. The van der Waals surface area contributed by atoms with E-state index in [1.807, 2.05) is 0 Å². The van der Waals surface area contributed by atoms with Crippen molar-refractivity contribution in [2.75, 3.05) is 13.2 Å². The minimum atomic E-state index is 0.0609. The van der Waals surface area contributed by atoms with Crippen LogP contribution in [-0.4, -0.2) is 40.6 Å². The Hall–Kier alpha value is -2.34. The highest BCUT2D eigenvalue weighted by atomic mass is 16.6. The summed E-state index contributed by atoms with van der Waals surface area (Å²) in [5.41, 5.74) is 1.08. The summed E-state index contributed by atoms with van der Waals surface area (Å²) in [6, 6.07) is 5.08. The SMILES string of the molecule is O=Cc1cc(-c2nccc(OC3COC3)n2)ccn1. The molecule has 6 nitrogen and oxygen atoms in total. The summed E-state index contributed by atoms with van der Waals surface area (Å²) in [5.74, 6) is 1.01. The molecule has 0 spiro atoms. The van der Waals surface area contributed by atoms with Gasteiger partial charge in [-0.1, -0.05) is 0 Å². The molecule has 1 fully saturated rings. The van der Waals surface area contributed by atoms with Crippen molar-refractivity contribution in [3.63, 3.8) is 0 Å². The van der Waals surface area contributed by atoms with Gasteiger partial charge in [-0.05, 0) is 12.1 Å². The number of aromatic nitrogens is 3. The summed E-state index contributed by atoms with van der Waals surface area (Å²) in [6.45, 7) is 1.17. The van der Waals surface area contributed by atoms with E-state index in [-0.39, 0.29) is 6.10 Å². The molecule has 2 aromatic rings. The molecule has 96 valence electrons. The second-order valence-corrected chi connectivity index (χ2v) is 4.08. The summed E-state index contributed by atoms with van der Waals surface area (Å²) < 4.78 is 10.6. The van der Waals surface area contributed by atoms with Crippen LogP contribution in [0.5, 0.6) is 5.88 Å². The van der Waals surface area contributed by atoms with Gasteiger partial charge in [-0.2, -0.15) is 4.98 Å². The standard InChI is InChI=1S/C13H11N3O3/c17-6-10-5-9(1-3-14-10)13-15-4-2-12(16-13)19-11-7-18-8-11/h1-6,11H,7-8H2. The molecule has 2 aromatic heterocycles. The molecule has 0 unspecified atom stereocenters. The van der Waals surface area contributed by atoms with Gasteiger partial charge >= 0.3 is 0 Å². The normalized spacial score (nSPS) is 14.7. The fourth-order valence-corrected chi connectivity index (χ4v) is 1.65. The van der Waals surface area contributed by atoms with Crippen LogP contribution in [0, 0.1) is 0 Å². The molecule has 0 radical (unpaired) electrons. The quantitative estimate of drug-likeness (QED) is 0.764.